The van der Waals surface area contributed by atoms with Crippen LogP contribution in [0.5, 0.6) is 0 Å². The molecule has 1 unspecified atom stereocenters. The van der Waals surface area contributed by atoms with E-state index >= 15 is 0 Å². The van der Waals surface area contributed by atoms with E-state index in [2.05, 4.69) is 5.32 Å². The second kappa shape index (κ2) is 9.02. The maximum absolute atomic E-state index is 13.0. The molecule has 32 heavy (non-hydrogen) atoms. The summed E-state index contributed by atoms with van der Waals surface area (Å²) in [7, 11) is 0. The van der Waals surface area contributed by atoms with Gasteiger partial charge in [-0.2, -0.15) is 13.2 Å². The second-order valence-electron chi connectivity index (χ2n) is 8.06. The number of carbonyl (C=O) groups is 2. The van der Waals surface area contributed by atoms with Crippen LogP contribution in [0.2, 0.25) is 0 Å². The molecule has 3 aromatic carbocycles. The zero-order valence-electron chi connectivity index (χ0n) is 17.4. The molecule has 0 spiro atoms. The number of nitrogens with one attached hydrogen (secondary N) is 1. The molecule has 1 heterocycles. The van der Waals surface area contributed by atoms with Gasteiger partial charge in [0.05, 0.1) is 17.9 Å². The lowest BCUT2D eigenvalue weighted by Gasteiger charge is -2.32. The van der Waals surface area contributed by atoms with E-state index in [9.17, 15) is 22.8 Å². The summed E-state index contributed by atoms with van der Waals surface area (Å²) in [6.45, 7) is 0.825. The highest BCUT2D eigenvalue weighted by Crippen LogP contribution is 2.31. The van der Waals surface area contributed by atoms with Crippen molar-refractivity contribution in [3.05, 3.63) is 77.9 Å². The van der Waals surface area contributed by atoms with Crippen LogP contribution in [0.15, 0.2) is 66.7 Å². The van der Waals surface area contributed by atoms with Gasteiger partial charge < -0.3 is 10.2 Å². The second-order valence-corrected chi connectivity index (χ2v) is 8.06. The van der Waals surface area contributed by atoms with Gasteiger partial charge in [-0.05, 0) is 47.4 Å². The number of amides is 2. The van der Waals surface area contributed by atoms with Gasteiger partial charge in [-0.15, -0.1) is 0 Å². The fourth-order valence-corrected chi connectivity index (χ4v) is 4.16. The summed E-state index contributed by atoms with van der Waals surface area (Å²) in [5.74, 6) is -0.889. The minimum atomic E-state index is -4.48. The van der Waals surface area contributed by atoms with E-state index in [0.29, 0.717) is 19.4 Å². The molecule has 0 bridgehead atoms. The van der Waals surface area contributed by atoms with E-state index in [-0.39, 0.29) is 30.5 Å². The van der Waals surface area contributed by atoms with Gasteiger partial charge in [0.25, 0.3) is 0 Å². The van der Waals surface area contributed by atoms with Crippen molar-refractivity contribution in [2.24, 2.45) is 5.92 Å². The largest absolute Gasteiger partial charge is 0.416 e. The first-order valence-corrected chi connectivity index (χ1v) is 10.5. The molecule has 2 amide bonds. The van der Waals surface area contributed by atoms with Gasteiger partial charge >= 0.3 is 6.18 Å². The zero-order valence-corrected chi connectivity index (χ0v) is 17.4. The average molecular weight is 440 g/mol. The summed E-state index contributed by atoms with van der Waals surface area (Å²) < 4.78 is 38.8. The van der Waals surface area contributed by atoms with Crippen molar-refractivity contribution in [3.63, 3.8) is 0 Å². The van der Waals surface area contributed by atoms with Crippen LogP contribution in [0.3, 0.4) is 0 Å². The maximum atomic E-state index is 13.0. The van der Waals surface area contributed by atoms with Crippen LogP contribution in [0.1, 0.15) is 24.0 Å². The Morgan fingerprint density at radius 2 is 1.75 bits per heavy atom. The molecule has 7 heteroatoms. The average Bonchev–Trinajstić information content (AvgIpc) is 2.79. The lowest BCUT2D eigenvalue weighted by atomic mass is 9.95. The third kappa shape index (κ3) is 4.93. The SMILES string of the molecule is O=C(Nc1cccc(C(F)(F)F)c1)C1CCCN(C(=O)Cc2cccc3ccccc23)C1. The quantitative estimate of drug-likeness (QED) is 0.600. The number of benzene rings is 3. The predicted molar refractivity (Wildman–Crippen MR) is 117 cm³/mol. The minimum absolute atomic E-state index is 0.0575. The lowest BCUT2D eigenvalue weighted by molar-refractivity contribution is -0.138. The Bertz CT molecular complexity index is 1140. The van der Waals surface area contributed by atoms with Crippen molar-refractivity contribution in [2.45, 2.75) is 25.4 Å². The van der Waals surface area contributed by atoms with Crippen LogP contribution in [-0.2, 0) is 22.2 Å². The highest BCUT2D eigenvalue weighted by atomic mass is 19.4. The summed E-state index contributed by atoms with van der Waals surface area (Å²) in [6.07, 6.45) is -2.98. The number of likely N-dealkylation sites (tertiary alicyclic amines) is 1. The lowest BCUT2D eigenvalue weighted by Crippen LogP contribution is -2.44. The minimum Gasteiger partial charge on any atom is -0.342 e. The number of hydrogen-bond donors (Lipinski definition) is 1. The van der Waals surface area contributed by atoms with E-state index in [1.807, 2.05) is 42.5 Å². The molecule has 0 aromatic heterocycles. The van der Waals surface area contributed by atoms with Gasteiger partial charge in [0.15, 0.2) is 0 Å². The van der Waals surface area contributed by atoms with E-state index < -0.39 is 17.7 Å². The summed E-state index contributed by atoms with van der Waals surface area (Å²) in [4.78, 5) is 27.3. The molecule has 4 rings (SSSR count). The Morgan fingerprint density at radius 1 is 1.00 bits per heavy atom. The van der Waals surface area contributed by atoms with Crippen molar-refractivity contribution < 1.29 is 22.8 Å². The zero-order chi connectivity index (χ0) is 22.7. The highest BCUT2D eigenvalue weighted by Gasteiger charge is 2.31. The number of hydrogen-bond acceptors (Lipinski definition) is 2. The van der Waals surface area contributed by atoms with Gasteiger partial charge in [0.1, 0.15) is 0 Å². The Hall–Kier alpha value is -3.35. The van der Waals surface area contributed by atoms with Crippen LogP contribution in [0.25, 0.3) is 10.8 Å². The Labute approximate surface area is 184 Å². The van der Waals surface area contributed by atoms with Crippen LogP contribution in [-0.4, -0.2) is 29.8 Å². The first-order valence-electron chi connectivity index (χ1n) is 10.5. The third-order valence-corrected chi connectivity index (χ3v) is 5.82. The first-order chi connectivity index (χ1) is 15.3. The van der Waals surface area contributed by atoms with Crippen molar-refractivity contribution in [1.82, 2.24) is 4.90 Å². The van der Waals surface area contributed by atoms with Crippen LogP contribution >= 0.6 is 0 Å². The van der Waals surface area contributed by atoms with E-state index in [4.69, 9.17) is 0 Å². The summed E-state index contributed by atoms with van der Waals surface area (Å²) in [6, 6.07) is 18.3. The molecule has 0 saturated carbocycles. The van der Waals surface area contributed by atoms with Crippen molar-refractivity contribution in [3.8, 4) is 0 Å². The molecular formula is C25H23F3N2O2. The Morgan fingerprint density at radius 3 is 2.56 bits per heavy atom. The van der Waals surface area contributed by atoms with Crippen molar-refractivity contribution >= 4 is 28.3 Å². The standard InChI is InChI=1S/C25H23F3N2O2/c26-25(27,28)20-10-4-11-21(15-20)29-24(32)19-9-5-13-30(16-19)23(31)14-18-8-3-7-17-6-1-2-12-22(17)18/h1-4,6-8,10-12,15,19H,5,9,13-14,16H2,(H,29,32). The summed E-state index contributed by atoms with van der Waals surface area (Å²) in [5.41, 5.74) is 0.221. The van der Waals surface area contributed by atoms with E-state index in [1.54, 1.807) is 4.90 Å². The molecule has 3 aromatic rings. The normalized spacial score (nSPS) is 16.7. The molecule has 1 aliphatic heterocycles. The number of alkyl halides is 3. The summed E-state index contributed by atoms with van der Waals surface area (Å²) >= 11 is 0. The number of piperidine rings is 1. The third-order valence-electron chi connectivity index (χ3n) is 5.82. The molecule has 1 N–H and O–H groups in total. The van der Waals surface area contributed by atoms with Crippen molar-refractivity contribution in [2.75, 3.05) is 18.4 Å². The van der Waals surface area contributed by atoms with Crippen LogP contribution in [0, 0.1) is 5.92 Å². The van der Waals surface area contributed by atoms with Gasteiger partial charge in [-0.3, -0.25) is 9.59 Å². The molecule has 4 nitrogen and oxygen atoms in total. The Balaban J connectivity index is 1.41. The molecule has 1 saturated heterocycles. The molecule has 166 valence electrons. The number of anilines is 1. The molecular weight excluding hydrogens is 417 g/mol. The van der Waals surface area contributed by atoms with Gasteiger partial charge in [-0.1, -0.05) is 48.5 Å². The van der Waals surface area contributed by atoms with Crippen LogP contribution < -0.4 is 5.32 Å². The monoisotopic (exact) mass is 440 g/mol. The topological polar surface area (TPSA) is 49.4 Å². The van der Waals surface area contributed by atoms with Gasteiger partial charge in [0, 0.05) is 18.8 Å². The molecule has 1 atom stereocenters. The van der Waals surface area contributed by atoms with E-state index in [0.717, 1.165) is 28.5 Å². The highest BCUT2D eigenvalue weighted by molar-refractivity contribution is 5.94. The van der Waals surface area contributed by atoms with Gasteiger partial charge in [-0.25, -0.2) is 0 Å². The van der Waals surface area contributed by atoms with E-state index in [1.165, 1.54) is 12.1 Å². The maximum Gasteiger partial charge on any atom is 0.416 e. The Kier molecular flexibility index (Phi) is 6.17. The molecule has 0 radical (unpaired) electrons. The summed E-state index contributed by atoms with van der Waals surface area (Å²) in [5, 5.41) is 4.67. The van der Waals surface area contributed by atoms with Crippen molar-refractivity contribution in [1.29, 1.82) is 0 Å². The number of carbonyl (C=O) groups excluding carboxylic acids is 2. The smallest absolute Gasteiger partial charge is 0.342 e. The number of nitrogens with zero attached hydrogens (tertiary/aromatic N) is 1. The number of rotatable bonds is 4. The first kappa shape index (κ1) is 21.9. The molecule has 1 aliphatic rings. The molecule has 1 fully saturated rings. The fourth-order valence-electron chi connectivity index (χ4n) is 4.16. The molecule has 0 aliphatic carbocycles. The number of halogens is 3. The van der Waals surface area contributed by atoms with Crippen LogP contribution in [0.4, 0.5) is 18.9 Å². The number of fused-ring (bicyclic) bond motifs is 1. The van der Waals surface area contributed by atoms with Gasteiger partial charge in [0.2, 0.25) is 11.8 Å². The predicted octanol–water partition coefficient (Wildman–Crippen LogP) is 5.28. The fraction of sp³-hybridized carbons (Fsp3) is 0.280.